The number of nitrogens with zero attached hydrogens (tertiary/aromatic N) is 3. The Balaban J connectivity index is 1.23. The number of aliphatic carboxylic acids is 1. The minimum Gasteiger partial charge on any atom is -0.497 e. The Labute approximate surface area is 260 Å². The Morgan fingerprint density at radius 2 is 1.86 bits per heavy atom. The zero-order valence-electron chi connectivity index (χ0n) is 25.1. The van der Waals surface area contributed by atoms with Crippen LogP contribution in [0.15, 0.2) is 41.4 Å². The van der Waals surface area contributed by atoms with E-state index < -0.39 is 23.4 Å². The maximum absolute atomic E-state index is 14.0. The molecule has 238 valence electrons. The standard InChI is InChI=1S/C33H40F3N3O4S/c1-42-25-4-5-29-27(19-25)26(23(21-37-29)22-39-11-14-43-15-12-39)3-2-6-33(20-31(40)41)7-9-38(10-8-33)13-16-44-30-18-24(34)17-28(35)32(30)36/h4-5,17-19,21H,2-3,6-16,20,22H2,1H3,(H,40,41). The number of likely N-dealkylation sites (tertiary alicyclic amines) is 1. The SMILES string of the molecule is COc1ccc2ncc(CN3CCOCC3)c(CCCC3(CC(=O)O)CCN(CCSc4cc(F)cc(F)c4F)CC3)c2c1. The second-order valence-corrected chi connectivity index (χ2v) is 13.0. The van der Waals surface area contributed by atoms with Gasteiger partial charge in [0.1, 0.15) is 11.6 Å². The molecule has 0 amide bonds. The summed E-state index contributed by atoms with van der Waals surface area (Å²) in [5.41, 5.74) is 3.03. The third-order valence-electron chi connectivity index (χ3n) is 8.98. The molecule has 5 rings (SSSR count). The number of ether oxygens (including phenoxy) is 2. The summed E-state index contributed by atoms with van der Waals surface area (Å²) in [6.45, 7) is 6.06. The summed E-state index contributed by atoms with van der Waals surface area (Å²) in [7, 11) is 1.66. The average molecular weight is 632 g/mol. The van der Waals surface area contributed by atoms with Crippen molar-refractivity contribution in [3.8, 4) is 5.75 Å². The minimum atomic E-state index is -1.18. The fourth-order valence-electron chi connectivity index (χ4n) is 6.48. The summed E-state index contributed by atoms with van der Waals surface area (Å²) in [4.78, 5) is 21.3. The highest BCUT2D eigenvalue weighted by atomic mass is 32.2. The number of pyridine rings is 1. The summed E-state index contributed by atoms with van der Waals surface area (Å²) in [6.07, 6.45) is 6.04. The number of thioether (sulfide) groups is 1. The van der Waals surface area contributed by atoms with E-state index >= 15 is 0 Å². The van der Waals surface area contributed by atoms with Gasteiger partial charge in [0, 0.05) is 54.5 Å². The number of morpholine rings is 1. The van der Waals surface area contributed by atoms with Crippen molar-refractivity contribution in [1.29, 1.82) is 0 Å². The maximum atomic E-state index is 14.0. The first-order chi connectivity index (χ1) is 21.2. The first-order valence-corrected chi connectivity index (χ1v) is 16.2. The van der Waals surface area contributed by atoms with Crippen LogP contribution in [0.3, 0.4) is 0 Å². The van der Waals surface area contributed by atoms with E-state index in [0.717, 1.165) is 113 Å². The Morgan fingerprint density at radius 1 is 1.09 bits per heavy atom. The number of aryl methyl sites for hydroxylation is 1. The van der Waals surface area contributed by atoms with Gasteiger partial charge >= 0.3 is 5.97 Å². The van der Waals surface area contributed by atoms with Crippen molar-refractivity contribution in [3.63, 3.8) is 0 Å². The van der Waals surface area contributed by atoms with E-state index in [1.54, 1.807) is 7.11 Å². The molecule has 0 saturated carbocycles. The van der Waals surface area contributed by atoms with Gasteiger partial charge < -0.3 is 19.5 Å². The predicted octanol–water partition coefficient (Wildman–Crippen LogP) is 6.16. The molecule has 0 atom stereocenters. The van der Waals surface area contributed by atoms with E-state index in [2.05, 4.69) is 9.80 Å². The number of aromatic nitrogens is 1. The molecule has 2 aliphatic rings. The third kappa shape index (κ3) is 8.24. The van der Waals surface area contributed by atoms with Gasteiger partial charge in [0.05, 0.1) is 32.3 Å². The second kappa shape index (κ2) is 14.9. The zero-order chi connectivity index (χ0) is 31.1. The van der Waals surface area contributed by atoms with Crippen LogP contribution in [0.2, 0.25) is 0 Å². The van der Waals surface area contributed by atoms with Gasteiger partial charge in [0.25, 0.3) is 0 Å². The van der Waals surface area contributed by atoms with E-state index in [9.17, 15) is 23.1 Å². The largest absolute Gasteiger partial charge is 0.497 e. The molecule has 0 bridgehead atoms. The van der Waals surface area contributed by atoms with Crippen LogP contribution in [0.1, 0.15) is 43.2 Å². The molecule has 2 aliphatic heterocycles. The van der Waals surface area contributed by atoms with Crippen molar-refractivity contribution >= 4 is 28.6 Å². The highest BCUT2D eigenvalue weighted by Crippen LogP contribution is 2.41. The molecule has 0 spiro atoms. The highest BCUT2D eigenvalue weighted by Gasteiger charge is 2.36. The zero-order valence-corrected chi connectivity index (χ0v) is 25.9. The van der Waals surface area contributed by atoms with Crippen LogP contribution in [0.4, 0.5) is 13.2 Å². The van der Waals surface area contributed by atoms with Gasteiger partial charge in [-0.25, -0.2) is 13.2 Å². The molecule has 44 heavy (non-hydrogen) atoms. The molecule has 1 N–H and O–H groups in total. The van der Waals surface area contributed by atoms with Crippen molar-refractivity contribution in [2.75, 3.05) is 58.8 Å². The van der Waals surface area contributed by atoms with Crippen LogP contribution >= 0.6 is 11.8 Å². The number of carboxylic acid groups (broad SMARTS) is 1. The first kappa shape index (κ1) is 32.5. The molecule has 11 heteroatoms. The lowest BCUT2D eigenvalue weighted by atomic mass is 9.72. The van der Waals surface area contributed by atoms with Crippen molar-refractivity contribution in [2.24, 2.45) is 5.41 Å². The quantitative estimate of drug-likeness (QED) is 0.178. The number of carboxylic acids is 1. The van der Waals surface area contributed by atoms with Crippen LogP contribution in [-0.4, -0.2) is 84.7 Å². The van der Waals surface area contributed by atoms with Gasteiger partial charge in [-0.2, -0.15) is 0 Å². The van der Waals surface area contributed by atoms with Gasteiger partial charge in [-0.3, -0.25) is 14.7 Å². The van der Waals surface area contributed by atoms with Crippen LogP contribution in [0.5, 0.6) is 5.75 Å². The van der Waals surface area contributed by atoms with Crippen molar-refractivity contribution in [1.82, 2.24) is 14.8 Å². The van der Waals surface area contributed by atoms with Crippen LogP contribution in [-0.2, 0) is 22.5 Å². The van der Waals surface area contributed by atoms with E-state index in [0.29, 0.717) is 18.4 Å². The summed E-state index contributed by atoms with van der Waals surface area (Å²) >= 11 is 1.09. The lowest BCUT2D eigenvalue weighted by Gasteiger charge is -2.41. The van der Waals surface area contributed by atoms with Gasteiger partial charge in [-0.15, -0.1) is 11.8 Å². The van der Waals surface area contributed by atoms with E-state index in [-0.39, 0.29) is 16.7 Å². The topological polar surface area (TPSA) is 75.1 Å². The summed E-state index contributed by atoms with van der Waals surface area (Å²) < 4.78 is 52.2. The number of carbonyl (C=O) groups is 1. The number of methoxy groups -OCH3 is 1. The Hall–Kier alpha value is -2.86. The molecule has 0 aliphatic carbocycles. The molecular weight excluding hydrogens is 591 g/mol. The van der Waals surface area contributed by atoms with Gasteiger partial charge in [-0.1, -0.05) is 0 Å². The number of benzene rings is 2. The van der Waals surface area contributed by atoms with Crippen LogP contribution in [0.25, 0.3) is 10.9 Å². The second-order valence-electron chi connectivity index (χ2n) is 11.8. The van der Waals surface area contributed by atoms with Crippen molar-refractivity contribution in [2.45, 2.75) is 50.0 Å². The fraction of sp³-hybridized carbons (Fsp3) is 0.515. The van der Waals surface area contributed by atoms with Crippen LogP contribution in [0, 0.1) is 22.9 Å². The number of fused-ring (bicyclic) bond motifs is 1. The van der Waals surface area contributed by atoms with E-state index in [4.69, 9.17) is 14.5 Å². The average Bonchev–Trinajstić information content (AvgIpc) is 3.01. The van der Waals surface area contributed by atoms with Crippen molar-refractivity contribution in [3.05, 3.63) is 65.1 Å². The van der Waals surface area contributed by atoms with E-state index in [1.165, 1.54) is 11.1 Å². The molecule has 3 heterocycles. The molecule has 7 nitrogen and oxygen atoms in total. The lowest BCUT2D eigenvalue weighted by Crippen LogP contribution is -2.42. The Bertz CT molecular complexity index is 1450. The summed E-state index contributed by atoms with van der Waals surface area (Å²) in [6, 6.07) is 7.52. The normalized spacial score (nSPS) is 17.6. The highest BCUT2D eigenvalue weighted by molar-refractivity contribution is 7.99. The summed E-state index contributed by atoms with van der Waals surface area (Å²) in [5.74, 6) is -2.53. The Kier molecular flexibility index (Phi) is 11.1. The Morgan fingerprint density at radius 3 is 2.59 bits per heavy atom. The first-order valence-electron chi connectivity index (χ1n) is 15.2. The number of hydrogen-bond donors (Lipinski definition) is 1. The number of rotatable bonds is 13. The monoisotopic (exact) mass is 631 g/mol. The van der Waals surface area contributed by atoms with Gasteiger partial charge in [0.15, 0.2) is 11.6 Å². The molecular formula is C33H40F3N3O4S. The molecule has 3 aromatic rings. The van der Waals surface area contributed by atoms with Crippen molar-refractivity contribution < 1.29 is 32.5 Å². The van der Waals surface area contributed by atoms with E-state index in [1.807, 2.05) is 24.4 Å². The molecule has 1 aromatic heterocycles. The molecule has 0 unspecified atom stereocenters. The van der Waals surface area contributed by atoms with Gasteiger partial charge in [-0.05, 0) is 86.0 Å². The lowest BCUT2D eigenvalue weighted by molar-refractivity contribution is -0.140. The summed E-state index contributed by atoms with van der Waals surface area (Å²) in [5, 5.41) is 10.9. The van der Waals surface area contributed by atoms with Crippen LogP contribution < -0.4 is 4.74 Å². The molecule has 2 saturated heterocycles. The minimum absolute atomic E-state index is 0.0334. The maximum Gasteiger partial charge on any atom is 0.303 e. The number of hydrogen-bond acceptors (Lipinski definition) is 7. The predicted molar refractivity (Wildman–Crippen MR) is 165 cm³/mol. The molecule has 2 aromatic carbocycles. The fourth-order valence-corrected chi connectivity index (χ4v) is 7.47. The number of halogens is 3. The molecule has 2 fully saturated rings. The molecule has 0 radical (unpaired) electrons. The third-order valence-corrected chi connectivity index (χ3v) is 9.97. The van der Waals surface area contributed by atoms with Gasteiger partial charge in [0.2, 0.25) is 0 Å². The smallest absolute Gasteiger partial charge is 0.303 e. The number of piperidine rings is 1.